The summed E-state index contributed by atoms with van der Waals surface area (Å²) >= 11 is 0. The van der Waals surface area contributed by atoms with Crippen LogP contribution in [0.25, 0.3) is 0 Å². The molecule has 0 bridgehead atoms. The summed E-state index contributed by atoms with van der Waals surface area (Å²) in [5.74, 6) is -0.0978. The molecule has 1 heterocycles. The van der Waals surface area contributed by atoms with Gasteiger partial charge in [-0.05, 0) is 31.5 Å². The Hall–Kier alpha value is -1.39. The first-order valence-electron chi connectivity index (χ1n) is 7.91. The molecule has 0 radical (unpaired) electrons. The molecule has 2 N–H and O–H groups in total. The molecule has 1 amide bonds. The van der Waals surface area contributed by atoms with Gasteiger partial charge < -0.3 is 10.6 Å². The molecule has 4 heteroatoms. The van der Waals surface area contributed by atoms with Crippen LogP contribution in [0.15, 0.2) is 30.3 Å². The molecule has 1 fully saturated rings. The minimum Gasteiger partial charge on any atom is -0.344 e. The Morgan fingerprint density at radius 2 is 2.14 bits per heavy atom. The number of hydrogen-bond acceptors (Lipinski definition) is 3. The van der Waals surface area contributed by atoms with Crippen molar-refractivity contribution < 1.29 is 4.79 Å². The fourth-order valence-electron chi connectivity index (χ4n) is 3.26. The fourth-order valence-corrected chi connectivity index (χ4v) is 3.26. The SMILES string of the molecule is CCN1CCCC1CN(C)C(=O)C(CN)c1ccccc1. The molecular formula is C17H27N3O. The first-order valence-corrected chi connectivity index (χ1v) is 7.91. The number of likely N-dealkylation sites (N-methyl/N-ethyl adjacent to an activating group) is 2. The molecule has 1 aromatic carbocycles. The van der Waals surface area contributed by atoms with Gasteiger partial charge in [-0.1, -0.05) is 37.3 Å². The van der Waals surface area contributed by atoms with E-state index >= 15 is 0 Å². The summed E-state index contributed by atoms with van der Waals surface area (Å²) in [6, 6.07) is 10.3. The fraction of sp³-hybridized carbons (Fsp3) is 0.588. The maximum Gasteiger partial charge on any atom is 0.231 e. The molecule has 0 aliphatic carbocycles. The zero-order valence-electron chi connectivity index (χ0n) is 13.2. The topological polar surface area (TPSA) is 49.6 Å². The van der Waals surface area contributed by atoms with Crippen LogP contribution in [-0.4, -0.2) is 55.0 Å². The average Bonchev–Trinajstić information content (AvgIpc) is 2.96. The predicted octanol–water partition coefficient (Wildman–Crippen LogP) is 1.67. The van der Waals surface area contributed by atoms with Crippen molar-refractivity contribution in [2.24, 2.45) is 5.73 Å². The highest BCUT2D eigenvalue weighted by atomic mass is 16.2. The average molecular weight is 289 g/mol. The van der Waals surface area contributed by atoms with Gasteiger partial charge in [0.05, 0.1) is 5.92 Å². The van der Waals surface area contributed by atoms with E-state index in [9.17, 15) is 4.79 Å². The third-order valence-corrected chi connectivity index (χ3v) is 4.50. The van der Waals surface area contributed by atoms with Crippen molar-refractivity contribution in [1.82, 2.24) is 9.80 Å². The van der Waals surface area contributed by atoms with Gasteiger partial charge in [-0.25, -0.2) is 0 Å². The number of carbonyl (C=O) groups excluding carboxylic acids is 1. The lowest BCUT2D eigenvalue weighted by molar-refractivity contribution is -0.131. The summed E-state index contributed by atoms with van der Waals surface area (Å²) in [7, 11) is 1.90. The number of benzene rings is 1. The molecule has 1 saturated heterocycles. The number of hydrogen-bond donors (Lipinski definition) is 1. The van der Waals surface area contributed by atoms with E-state index in [0.29, 0.717) is 12.6 Å². The van der Waals surface area contributed by atoms with Gasteiger partial charge in [-0.2, -0.15) is 0 Å². The van der Waals surface area contributed by atoms with E-state index in [2.05, 4.69) is 11.8 Å². The summed E-state index contributed by atoms with van der Waals surface area (Å²) in [5.41, 5.74) is 6.86. The lowest BCUT2D eigenvalue weighted by Crippen LogP contribution is -2.43. The highest BCUT2D eigenvalue weighted by Crippen LogP contribution is 2.20. The van der Waals surface area contributed by atoms with Crippen LogP contribution in [0.3, 0.4) is 0 Å². The Morgan fingerprint density at radius 3 is 2.76 bits per heavy atom. The largest absolute Gasteiger partial charge is 0.344 e. The molecule has 1 aromatic rings. The van der Waals surface area contributed by atoms with Crippen LogP contribution in [0.5, 0.6) is 0 Å². The van der Waals surface area contributed by atoms with E-state index in [1.54, 1.807) is 0 Å². The van der Waals surface area contributed by atoms with Crippen LogP contribution in [-0.2, 0) is 4.79 Å². The van der Waals surface area contributed by atoms with Gasteiger partial charge in [0.25, 0.3) is 0 Å². The summed E-state index contributed by atoms with van der Waals surface area (Å²) in [6.45, 7) is 5.56. The molecule has 1 aliphatic rings. The Bertz CT molecular complexity index is 449. The van der Waals surface area contributed by atoms with Crippen LogP contribution >= 0.6 is 0 Å². The van der Waals surface area contributed by atoms with Gasteiger partial charge in [-0.15, -0.1) is 0 Å². The van der Waals surface area contributed by atoms with Crippen molar-refractivity contribution >= 4 is 5.91 Å². The van der Waals surface area contributed by atoms with Gasteiger partial charge in [0, 0.05) is 26.2 Å². The normalized spacial score (nSPS) is 20.4. The van der Waals surface area contributed by atoms with Crippen LogP contribution in [0.1, 0.15) is 31.2 Å². The van der Waals surface area contributed by atoms with Gasteiger partial charge in [0.15, 0.2) is 0 Å². The molecule has 4 nitrogen and oxygen atoms in total. The molecule has 0 aromatic heterocycles. The molecule has 0 saturated carbocycles. The number of nitrogens with zero attached hydrogens (tertiary/aromatic N) is 2. The molecular weight excluding hydrogens is 262 g/mol. The van der Waals surface area contributed by atoms with Crippen LogP contribution in [0.4, 0.5) is 0 Å². The monoisotopic (exact) mass is 289 g/mol. The first-order chi connectivity index (χ1) is 10.2. The second-order valence-electron chi connectivity index (χ2n) is 5.84. The van der Waals surface area contributed by atoms with E-state index in [4.69, 9.17) is 5.73 Å². The quantitative estimate of drug-likeness (QED) is 0.866. The number of likely N-dealkylation sites (tertiary alicyclic amines) is 1. The summed E-state index contributed by atoms with van der Waals surface area (Å²) in [4.78, 5) is 17.0. The third kappa shape index (κ3) is 3.83. The first kappa shape index (κ1) is 16.0. The Balaban J connectivity index is 2.00. The van der Waals surface area contributed by atoms with Gasteiger partial charge in [-0.3, -0.25) is 9.69 Å². The second-order valence-corrected chi connectivity index (χ2v) is 5.84. The van der Waals surface area contributed by atoms with E-state index in [-0.39, 0.29) is 11.8 Å². The van der Waals surface area contributed by atoms with Crippen molar-refractivity contribution in [1.29, 1.82) is 0 Å². The molecule has 2 rings (SSSR count). The summed E-state index contributed by atoms with van der Waals surface area (Å²) < 4.78 is 0. The second kappa shape index (κ2) is 7.57. The van der Waals surface area contributed by atoms with Crippen molar-refractivity contribution in [3.63, 3.8) is 0 Å². The molecule has 2 atom stereocenters. The third-order valence-electron chi connectivity index (χ3n) is 4.50. The van der Waals surface area contributed by atoms with Crippen molar-refractivity contribution in [2.75, 3.05) is 33.2 Å². The highest BCUT2D eigenvalue weighted by Gasteiger charge is 2.28. The number of carbonyl (C=O) groups is 1. The predicted molar refractivity (Wildman–Crippen MR) is 86.1 cm³/mol. The Labute approximate surface area is 127 Å². The van der Waals surface area contributed by atoms with E-state index < -0.39 is 0 Å². The van der Waals surface area contributed by atoms with Gasteiger partial charge in [0.1, 0.15) is 0 Å². The summed E-state index contributed by atoms with van der Waals surface area (Å²) in [5, 5.41) is 0. The summed E-state index contributed by atoms with van der Waals surface area (Å²) in [6.07, 6.45) is 2.42. The minimum absolute atomic E-state index is 0.131. The maximum absolute atomic E-state index is 12.7. The molecule has 0 spiro atoms. The zero-order chi connectivity index (χ0) is 15.2. The van der Waals surface area contributed by atoms with Crippen molar-refractivity contribution in [3.05, 3.63) is 35.9 Å². The molecule has 116 valence electrons. The van der Waals surface area contributed by atoms with Gasteiger partial charge >= 0.3 is 0 Å². The number of rotatable bonds is 6. The van der Waals surface area contributed by atoms with Crippen molar-refractivity contribution in [3.8, 4) is 0 Å². The molecule has 2 unspecified atom stereocenters. The standard InChI is InChI=1S/C17H27N3O/c1-3-20-11-7-10-15(20)13-19(2)17(21)16(12-18)14-8-5-4-6-9-14/h4-6,8-9,15-16H,3,7,10-13,18H2,1-2H3. The number of amides is 1. The Morgan fingerprint density at radius 1 is 1.43 bits per heavy atom. The van der Waals surface area contributed by atoms with Crippen LogP contribution < -0.4 is 5.73 Å². The van der Waals surface area contributed by atoms with E-state index in [1.807, 2.05) is 42.3 Å². The smallest absolute Gasteiger partial charge is 0.231 e. The Kier molecular flexibility index (Phi) is 5.76. The van der Waals surface area contributed by atoms with Crippen molar-refractivity contribution in [2.45, 2.75) is 31.7 Å². The highest BCUT2D eigenvalue weighted by molar-refractivity contribution is 5.83. The van der Waals surface area contributed by atoms with E-state index in [1.165, 1.54) is 12.8 Å². The molecule has 21 heavy (non-hydrogen) atoms. The van der Waals surface area contributed by atoms with Crippen LogP contribution in [0.2, 0.25) is 0 Å². The van der Waals surface area contributed by atoms with E-state index in [0.717, 1.165) is 25.2 Å². The maximum atomic E-state index is 12.7. The minimum atomic E-state index is -0.229. The lowest BCUT2D eigenvalue weighted by atomic mass is 9.97. The van der Waals surface area contributed by atoms with Gasteiger partial charge in [0.2, 0.25) is 5.91 Å². The number of nitrogens with two attached hydrogens (primary N) is 1. The zero-order valence-corrected chi connectivity index (χ0v) is 13.2. The molecule has 1 aliphatic heterocycles. The lowest BCUT2D eigenvalue weighted by Gasteiger charge is -2.30. The van der Waals surface area contributed by atoms with Crippen LogP contribution in [0, 0.1) is 0 Å².